The monoisotopic (exact) mass is 178 g/mol. The van der Waals surface area contributed by atoms with Gasteiger partial charge in [-0.05, 0) is 12.2 Å². The summed E-state index contributed by atoms with van der Waals surface area (Å²) in [6, 6.07) is 0. The van der Waals surface area contributed by atoms with E-state index >= 15 is 0 Å². The molecule has 1 rings (SSSR count). The van der Waals surface area contributed by atoms with Crippen LogP contribution < -0.4 is 0 Å². The van der Waals surface area contributed by atoms with Crippen LogP contribution in [0.15, 0.2) is 37.0 Å². The lowest BCUT2D eigenvalue weighted by Crippen LogP contribution is -2.30. The highest BCUT2D eigenvalue weighted by Crippen LogP contribution is 2.24. The first-order valence-electron chi connectivity index (χ1n) is 4.42. The molecular formula is C11H14O2. The molecule has 0 spiro atoms. The minimum Gasteiger partial charge on any atom is -0.450 e. The van der Waals surface area contributed by atoms with Crippen molar-refractivity contribution in [1.82, 2.24) is 0 Å². The normalized spacial score (nSPS) is 25.6. The number of ether oxygens (including phenoxy) is 1. The van der Waals surface area contributed by atoms with Gasteiger partial charge in [-0.1, -0.05) is 31.7 Å². The number of rotatable bonds is 3. The molecule has 0 radical (unpaired) electrons. The highest BCUT2D eigenvalue weighted by Gasteiger charge is 2.26. The smallest absolute Gasteiger partial charge is 0.306 e. The molecule has 0 aromatic carbocycles. The van der Waals surface area contributed by atoms with E-state index in [4.69, 9.17) is 4.74 Å². The molecule has 0 heterocycles. The Bertz CT molecular complexity index is 263. The second-order valence-corrected chi connectivity index (χ2v) is 2.98. The van der Waals surface area contributed by atoms with Crippen molar-refractivity contribution in [2.75, 3.05) is 0 Å². The van der Waals surface area contributed by atoms with Crippen LogP contribution in [0, 0.1) is 0 Å². The van der Waals surface area contributed by atoms with Crippen LogP contribution in [0.5, 0.6) is 0 Å². The summed E-state index contributed by atoms with van der Waals surface area (Å²) in [5.74, 6) is -0.195. The zero-order chi connectivity index (χ0) is 9.73. The third-order valence-electron chi connectivity index (χ3n) is 2.00. The van der Waals surface area contributed by atoms with Crippen molar-refractivity contribution in [3.63, 3.8) is 0 Å². The second kappa shape index (κ2) is 4.08. The summed E-state index contributed by atoms with van der Waals surface area (Å²) in [5, 5.41) is 0. The van der Waals surface area contributed by atoms with Gasteiger partial charge in [-0.25, -0.2) is 0 Å². The van der Waals surface area contributed by atoms with Crippen LogP contribution in [0.1, 0.15) is 19.8 Å². The molecule has 0 amide bonds. The number of allylic oxidation sites excluding steroid dienone is 2. The fourth-order valence-electron chi connectivity index (χ4n) is 1.17. The van der Waals surface area contributed by atoms with Gasteiger partial charge in [0, 0.05) is 12.8 Å². The zero-order valence-corrected chi connectivity index (χ0v) is 7.82. The second-order valence-electron chi connectivity index (χ2n) is 2.98. The fourth-order valence-corrected chi connectivity index (χ4v) is 1.17. The van der Waals surface area contributed by atoms with Crippen molar-refractivity contribution in [3.05, 3.63) is 37.0 Å². The predicted octanol–water partition coefficient (Wildman–Crippen LogP) is 2.38. The molecule has 0 saturated heterocycles. The SMILES string of the molecule is C=CC1(OC(=O)CC)C=CC=CC1. The van der Waals surface area contributed by atoms with Gasteiger partial charge in [0.25, 0.3) is 0 Å². The van der Waals surface area contributed by atoms with E-state index in [0.717, 1.165) is 0 Å². The van der Waals surface area contributed by atoms with Crippen molar-refractivity contribution < 1.29 is 9.53 Å². The van der Waals surface area contributed by atoms with Crippen molar-refractivity contribution in [1.29, 1.82) is 0 Å². The minimum atomic E-state index is -0.609. The zero-order valence-electron chi connectivity index (χ0n) is 7.82. The van der Waals surface area contributed by atoms with Gasteiger partial charge in [-0.15, -0.1) is 0 Å². The molecule has 2 nitrogen and oxygen atoms in total. The third kappa shape index (κ3) is 2.31. The number of carbonyl (C=O) groups excluding carboxylic acids is 1. The quantitative estimate of drug-likeness (QED) is 0.490. The highest BCUT2D eigenvalue weighted by atomic mass is 16.6. The van der Waals surface area contributed by atoms with E-state index < -0.39 is 5.60 Å². The van der Waals surface area contributed by atoms with E-state index in [1.807, 2.05) is 24.3 Å². The van der Waals surface area contributed by atoms with Crippen LogP contribution in [0.25, 0.3) is 0 Å². The maximum atomic E-state index is 11.1. The van der Waals surface area contributed by atoms with Crippen molar-refractivity contribution in [2.24, 2.45) is 0 Å². The molecule has 1 unspecified atom stereocenters. The lowest BCUT2D eigenvalue weighted by Gasteiger charge is -2.27. The molecule has 1 aliphatic rings. The lowest BCUT2D eigenvalue weighted by atomic mass is 9.95. The largest absolute Gasteiger partial charge is 0.450 e. The van der Waals surface area contributed by atoms with Crippen LogP contribution >= 0.6 is 0 Å². The molecule has 1 atom stereocenters. The van der Waals surface area contributed by atoms with Crippen molar-refractivity contribution in [3.8, 4) is 0 Å². The van der Waals surface area contributed by atoms with E-state index in [1.165, 1.54) is 0 Å². The maximum absolute atomic E-state index is 11.1. The van der Waals surface area contributed by atoms with E-state index in [0.29, 0.717) is 12.8 Å². The molecular weight excluding hydrogens is 164 g/mol. The van der Waals surface area contributed by atoms with Gasteiger partial charge in [0.15, 0.2) is 5.60 Å². The molecule has 1 aliphatic carbocycles. The van der Waals surface area contributed by atoms with Crippen LogP contribution in [0.2, 0.25) is 0 Å². The summed E-state index contributed by atoms with van der Waals surface area (Å²) in [5.41, 5.74) is -0.609. The first kappa shape index (κ1) is 9.78. The van der Waals surface area contributed by atoms with Crippen LogP contribution in [0.3, 0.4) is 0 Å². The van der Waals surface area contributed by atoms with Crippen LogP contribution in [-0.2, 0) is 9.53 Å². The molecule has 0 aromatic rings. The Kier molecular flexibility index (Phi) is 3.07. The van der Waals surface area contributed by atoms with Gasteiger partial charge >= 0.3 is 5.97 Å². The molecule has 0 N–H and O–H groups in total. The molecule has 0 bridgehead atoms. The Labute approximate surface area is 78.6 Å². The van der Waals surface area contributed by atoms with Crippen molar-refractivity contribution in [2.45, 2.75) is 25.4 Å². The lowest BCUT2D eigenvalue weighted by molar-refractivity contribution is -0.151. The standard InChI is InChI=1S/C11H14O2/c1-3-10(12)13-11(4-2)8-6-5-7-9-11/h4-8H,2-3,9H2,1H3. The van der Waals surface area contributed by atoms with E-state index in [2.05, 4.69) is 6.58 Å². The average Bonchev–Trinajstić information content (AvgIpc) is 2.19. The van der Waals surface area contributed by atoms with Gasteiger partial charge in [0.2, 0.25) is 0 Å². The third-order valence-corrected chi connectivity index (χ3v) is 2.00. The minimum absolute atomic E-state index is 0.195. The Hall–Kier alpha value is -1.31. The molecule has 0 aromatic heterocycles. The maximum Gasteiger partial charge on any atom is 0.306 e. The molecule has 2 heteroatoms. The number of esters is 1. The first-order valence-corrected chi connectivity index (χ1v) is 4.42. The fraction of sp³-hybridized carbons (Fsp3) is 0.364. The van der Waals surface area contributed by atoms with Gasteiger partial charge in [-0.2, -0.15) is 0 Å². The van der Waals surface area contributed by atoms with E-state index in [-0.39, 0.29) is 5.97 Å². The Morgan fingerprint density at radius 3 is 2.92 bits per heavy atom. The predicted molar refractivity (Wildman–Crippen MR) is 52.2 cm³/mol. The van der Waals surface area contributed by atoms with Gasteiger partial charge < -0.3 is 4.74 Å². The number of hydrogen-bond acceptors (Lipinski definition) is 2. The Morgan fingerprint density at radius 1 is 1.69 bits per heavy atom. The van der Waals surface area contributed by atoms with Crippen LogP contribution in [0.4, 0.5) is 0 Å². The topological polar surface area (TPSA) is 26.3 Å². The average molecular weight is 178 g/mol. The number of carbonyl (C=O) groups is 1. The van der Waals surface area contributed by atoms with E-state index in [9.17, 15) is 4.79 Å². The Balaban J connectivity index is 2.71. The Morgan fingerprint density at radius 2 is 2.46 bits per heavy atom. The highest BCUT2D eigenvalue weighted by molar-refractivity contribution is 5.70. The summed E-state index contributed by atoms with van der Waals surface area (Å²) in [4.78, 5) is 11.1. The summed E-state index contributed by atoms with van der Waals surface area (Å²) in [6.45, 7) is 5.46. The molecule has 0 fully saturated rings. The number of hydrogen-bond donors (Lipinski definition) is 0. The summed E-state index contributed by atoms with van der Waals surface area (Å²) < 4.78 is 5.28. The molecule has 70 valence electrons. The van der Waals surface area contributed by atoms with Crippen molar-refractivity contribution >= 4 is 5.97 Å². The van der Waals surface area contributed by atoms with Gasteiger partial charge in [0.05, 0.1) is 0 Å². The summed E-state index contributed by atoms with van der Waals surface area (Å²) in [6.07, 6.45) is 10.4. The van der Waals surface area contributed by atoms with Crippen LogP contribution in [-0.4, -0.2) is 11.6 Å². The molecule has 0 aliphatic heterocycles. The van der Waals surface area contributed by atoms with Gasteiger partial charge in [0.1, 0.15) is 0 Å². The summed E-state index contributed by atoms with van der Waals surface area (Å²) in [7, 11) is 0. The first-order chi connectivity index (χ1) is 6.22. The summed E-state index contributed by atoms with van der Waals surface area (Å²) >= 11 is 0. The van der Waals surface area contributed by atoms with E-state index in [1.54, 1.807) is 13.0 Å². The van der Waals surface area contributed by atoms with Gasteiger partial charge in [-0.3, -0.25) is 4.79 Å². The molecule has 13 heavy (non-hydrogen) atoms. The molecule has 0 saturated carbocycles.